The summed E-state index contributed by atoms with van der Waals surface area (Å²) in [6.07, 6.45) is -2.77. The van der Waals surface area contributed by atoms with Crippen molar-refractivity contribution in [3.05, 3.63) is 32.2 Å². The van der Waals surface area contributed by atoms with E-state index in [1.165, 1.54) is 0 Å². The van der Waals surface area contributed by atoms with Gasteiger partial charge in [-0.15, -0.1) is 0 Å². The molecule has 0 saturated heterocycles. The van der Waals surface area contributed by atoms with Gasteiger partial charge in [0.25, 0.3) is 12.0 Å². The standard InChI is InChI=1S/C7H7BrF2N2O/c8-4-1-3(6(9)10)7(13)12-5(4)2-11/h1,6H,2,11H2,(H,12,13). The van der Waals surface area contributed by atoms with Crippen LogP contribution in [0.5, 0.6) is 0 Å². The lowest BCUT2D eigenvalue weighted by Crippen LogP contribution is -2.17. The number of nitrogens with two attached hydrogens (primary N) is 1. The van der Waals surface area contributed by atoms with Gasteiger partial charge in [-0.3, -0.25) is 4.79 Å². The van der Waals surface area contributed by atoms with Gasteiger partial charge in [-0.1, -0.05) is 0 Å². The Hall–Kier alpha value is -0.750. The van der Waals surface area contributed by atoms with E-state index in [2.05, 4.69) is 20.9 Å². The molecular weight excluding hydrogens is 246 g/mol. The van der Waals surface area contributed by atoms with E-state index in [1.54, 1.807) is 0 Å². The second-order valence-electron chi connectivity index (χ2n) is 2.39. The van der Waals surface area contributed by atoms with Gasteiger partial charge in [0.2, 0.25) is 0 Å². The van der Waals surface area contributed by atoms with Gasteiger partial charge >= 0.3 is 0 Å². The molecule has 0 aliphatic heterocycles. The van der Waals surface area contributed by atoms with Crippen LogP contribution in [-0.2, 0) is 6.54 Å². The third-order valence-corrected chi connectivity index (χ3v) is 2.24. The summed E-state index contributed by atoms with van der Waals surface area (Å²) in [7, 11) is 0. The van der Waals surface area contributed by atoms with Gasteiger partial charge < -0.3 is 10.7 Å². The number of hydrogen-bond acceptors (Lipinski definition) is 2. The summed E-state index contributed by atoms with van der Waals surface area (Å²) in [6.45, 7) is 0.0966. The predicted octanol–water partition coefficient (Wildman–Crippen LogP) is 1.53. The molecule has 0 unspecified atom stereocenters. The molecule has 0 spiro atoms. The minimum atomic E-state index is -2.77. The molecular formula is C7H7BrF2N2O. The zero-order valence-corrected chi connectivity index (χ0v) is 8.07. The van der Waals surface area contributed by atoms with Crippen molar-refractivity contribution in [1.29, 1.82) is 0 Å². The summed E-state index contributed by atoms with van der Waals surface area (Å²) in [5.41, 5.74) is 4.32. The lowest BCUT2D eigenvalue weighted by atomic mass is 10.2. The van der Waals surface area contributed by atoms with E-state index in [9.17, 15) is 13.6 Å². The van der Waals surface area contributed by atoms with E-state index in [-0.39, 0.29) is 6.54 Å². The predicted molar refractivity (Wildman–Crippen MR) is 47.6 cm³/mol. The maximum Gasteiger partial charge on any atom is 0.269 e. The fourth-order valence-corrected chi connectivity index (χ4v) is 1.38. The van der Waals surface area contributed by atoms with Crippen molar-refractivity contribution in [3.63, 3.8) is 0 Å². The molecule has 1 aromatic rings. The lowest BCUT2D eigenvalue weighted by Gasteiger charge is -2.03. The Bertz CT molecular complexity index is 364. The van der Waals surface area contributed by atoms with E-state index in [4.69, 9.17) is 5.73 Å². The molecule has 0 aliphatic carbocycles. The van der Waals surface area contributed by atoms with Crippen LogP contribution in [0.15, 0.2) is 15.3 Å². The first-order valence-electron chi connectivity index (χ1n) is 3.46. The summed E-state index contributed by atoms with van der Waals surface area (Å²) in [6, 6.07) is 1.09. The second-order valence-corrected chi connectivity index (χ2v) is 3.24. The van der Waals surface area contributed by atoms with Gasteiger partial charge in [-0.2, -0.15) is 0 Å². The van der Waals surface area contributed by atoms with Gasteiger partial charge in [-0.25, -0.2) is 8.78 Å². The Labute approximate surface area is 81.1 Å². The highest BCUT2D eigenvalue weighted by Crippen LogP contribution is 2.20. The largest absolute Gasteiger partial charge is 0.325 e. The highest BCUT2D eigenvalue weighted by atomic mass is 79.9. The first kappa shape index (κ1) is 10.3. The first-order chi connectivity index (χ1) is 6.06. The van der Waals surface area contributed by atoms with Crippen molar-refractivity contribution in [2.24, 2.45) is 5.73 Å². The third kappa shape index (κ3) is 2.13. The highest BCUT2D eigenvalue weighted by Gasteiger charge is 2.14. The molecule has 1 rings (SSSR count). The Kier molecular flexibility index (Phi) is 3.16. The number of rotatable bonds is 2. The number of H-pyrrole nitrogens is 1. The number of hydrogen-bond donors (Lipinski definition) is 2. The summed E-state index contributed by atoms with van der Waals surface area (Å²) in [5, 5.41) is 0. The van der Waals surface area contributed by atoms with Crippen LogP contribution in [0.1, 0.15) is 17.7 Å². The average Bonchev–Trinajstić information content (AvgIpc) is 2.07. The molecule has 6 heteroatoms. The fraction of sp³-hybridized carbons (Fsp3) is 0.286. The second kappa shape index (κ2) is 3.97. The smallest absolute Gasteiger partial charge is 0.269 e. The van der Waals surface area contributed by atoms with E-state index in [1.807, 2.05) is 0 Å². The summed E-state index contributed by atoms with van der Waals surface area (Å²) in [4.78, 5) is 13.2. The van der Waals surface area contributed by atoms with Crippen molar-refractivity contribution in [3.8, 4) is 0 Å². The Balaban J connectivity index is 3.29. The number of alkyl halides is 2. The van der Waals surface area contributed by atoms with E-state index >= 15 is 0 Å². The van der Waals surface area contributed by atoms with Crippen LogP contribution in [0.4, 0.5) is 8.78 Å². The Morgan fingerprint density at radius 2 is 2.23 bits per heavy atom. The normalized spacial score (nSPS) is 10.8. The topological polar surface area (TPSA) is 58.9 Å². The number of aromatic nitrogens is 1. The third-order valence-electron chi connectivity index (χ3n) is 1.54. The van der Waals surface area contributed by atoms with Crippen molar-refractivity contribution in [2.75, 3.05) is 0 Å². The Morgan fingerprint density at radius 1 is 1.62 bits per heavy atom. The van der Waals surface area contributed by atoms with E-state index < -0.39 is 17.5 Å². The molecule has 3 N–H and O–H groups in total. The molecule has 0 radical (unpaired) electrons. The first-order valence-corrected chi connectivity index (χ1v) is 4.25. The number of pyridine rings is 1. The minimum absolute atomic E-state index is 0.0966. The number of aromatic amines is 1. The number of halogens is 3. The van der Waals surface area contributed by atoms with Crippen LogP contribution in [0, 0.1) is 0 Å². The summed E-state index contributed by atoms with van der Waals surface area (Å²) in [5.74, 6) is 0. The quantitative estimate of drug-likeness (QED) is 0.839. The molecule has 72 valence electrons. The van der Waals surface area contributed by atoms with Crippen molar-refractivity contribution in [1.82, 2.24) is 4.98 Å². The SMILES string of the molecule is NCc1[nH]c(=O)c(C(F)F)cc1Br. The molecule has 0 fully saturated rings. The molecule has 0 bridgehead atoms. The molecule has 3 nitrogen and oxygen atoms in total. The number of nitrogens with one attached hydrogen (secondary N) is 1. The zero-order valence-electron chi connectivity index (χ0n) is 6.48. The Morgan fingerprint density at radius 3 is 2.69 bits per heavy atom. The van der Waals surface area contributed by atoms with Crippen molar-refractivity contribution < 1.29 is 8.78 Å². The molecule has 0 saturated carbocycles. The van der Waals surface area contributed by atoms with Gasteiger partial charge in [0.15, 0.2) is 0 Å². The molecule has 1 heterocycles. The van der Waals surface area contributed by atoms with Crippen LogP contribution < -0.4 is 11.3 Å². The fourth-order valence-electron chi connectivity index (χ4n) is 0.869. The summed E-state index contributed by atoms with van der Waals surface area (Å²) >= 11 is 3.03. The monoisotopic (exact) mass is 252 g/mol. The zero-order chi connectivity index (χ0) is 10.0. The molecule has 0 amide bonds. The molecule has 1 aromatic heterocycles. The minimum Gasteiger partial charge on any atom is -0.325 e. The van der Waals surface area contributed by atoms with Crippen LogP contribution >= 0.6 is 15.9 Å². The van der Waals surface area contributed by atoms with E-state index in [0.29, 0.717) is 10.2 Å². The van der Waals surface area contributed by atoms with Gasteiger partial charge in [0, 0.05) is 16.7 Å². The van der Waals surface area contributed by atoms with Crippen molar-refractivity contribution >= 4 is 15.9 Å². The van der Waals surface area contributed by atoms with Crippen LogP contribution in [0.2, 0.25) is 0 Å². The molecule has 0 atom stereocenters. The van der Waals surface area contributed by atoms with Crippen LogP contribution in [0.25, 0.3) is 0 Å². The van der Waals surface area contributed by atoms with Gasteiger partial charge in [0.1, 0.15) is 0 Å². The van der Waals surface area contributed by atoms with Crippen molar-refractivity contribution in [2.45, 2.75) is 13.0 Å². The maximum absolute atomic E-state index is 12.2. The van der Waals surface area contributed by atoms with E-state index in [0.717, 1.165) is 6.07 Å². The average molecular weight is 253 g/mol. The van der Waals surface area contributed by atoms with Crippen LogP contribution in [-0.4, -0.2) is 4.98 Å². The maximum atomic E-state index is 12.2. The molecule has 0 aliphatic rings. The summed E-state index contributed by atoms with van der Waals surface area (Å²) < 4.78 is 24.7. The van der Waals surface area contributed by atoms with Gasteiger partial charge in [0.05, 0.1) is 5.56 Å². The molecule has 0 aromatic carbocycles. The lowest BCUT2D eigenvalue weighted by molar-refractivity contribution is 0.149. The highest BCUT2D eigenvalue weighted by molar-refractivity contribution is 9.10. The van der Waals surface area contributed by atoms with Gasteiger partial charge in [-0.05, 0) is 22.0 Å². The van der Waals surface area contributed by atoms with Crippen LogP contribution in [0.3, 0.4) is 0 Å². The molecule has 13 heavy (non-hydrogen) atoms.